The van der Waals surface area contributed by atoms with Crippen LogP contribution < -0.4 is 5.32 Å². The van der Waals surface area contributed by atoms with Crippen molar-refractivity contribution in [2.24, 2.45) is 28.6 Å². The lowest BCUT2D eigenvalue weighted by Gasteiger charge is -2.60. The molecule has 1 aromatic rings. The van der Waals surface area contributed by atoms with Crippen molar-refractivity contribution in [3.8, 4) is 0 Å². The molecular weight excluding hydrogens is 426 g/mol. The standard InChI is InChI=1S/C24H32BrN3O/c1-23-12-10-17-15(6-9-20-24(17,2)13-11-21(29)28(20)3)16(23)7-8-19(23)27-22-18(25)5-4-14-26-22/h4-5,11,13-17,19-20H,6-10,12H2,1-3H3,(H,26,27)/t15-,16-,17+,19?,20?,23-,24+/m0/s1. The Morgan fingerprint density at radius 1 is 1.17 bits per heavy atom. The van der Waals surface area contributed by atoms with E-state index in [0.29, 0.717) is 23.4 Å². The third-order valence-electron chi connectivity index (χ3n) is 9.20. The number of aromatic nitrogens is 1. The Bertz CT molecular complexity index is 856. The van der Waals surface area contributed by atoms with Gasteiger partial charge in [0.1, 0.15) is 5.82 Å². The van der Waals surface area contributed by atoms with Gasteiger partial charge in [0, 0.05) is 30.7 Å². The fraction of sp³-hybridized carbons (Fsp3) is 0.667. The lowest BCUT2D eigenvalue weighted by Crippen LogP contribution is -2.60. The molecule has 5 heteroatoms. The summed E-state index contributed by atoms with van der Waals surface area (Å²) >= 11 is 3.66. The van der Waals surface area contributed by atoms with Gasteiger partial charge >= 0.3 is 0 Å². The van der Waals surface area contributed by atoms with Crippen molar-refractivity contribution < 1.29 is 4.79 Å². The topological polar surface area (TPSA) is 45.2 Å². The monoisotopic (exact) mass is 457 g/mol. The van der Waals surface area contributed by atoms with E-state index in [2.05, 4.69) is 52.2 Å². The van der Waals surface area contributed by atoms with Gasteiger partial charge in [-0.25, -0.2) is 4.98 Å². The second-order valence-electron chi connectivity index (χ2n) is 10.3. The van der Waals surface area contributed by atoms with Crippen LogP contribution in [-0.2, 0) is 4.79 Å². The molecule has 1 amide bonds. The quantitative estimate of drug-likeness (QED) is 0.657. The van der Waals surface area contributed by atoms with Crippen molar-refractivity contribution in [1.82, 2.24) is 9.88 Å². The molecule has 7 atom stereocenters. The maximum absolute atomic E-state index is 12.2. The Balaban J connectivity index is 1.41. The number of hydrogen-bond acceptors (Lipinski definition) is 3. The molecule has 0 spiro atoms. The van der Waals surface area contributed by atoms with E-state index in [1.807, 2.05) is 30.3 Å². The number of anilines is 1. The number of halogens is 1. The Morgan fingerprint density at radius 2 is 2.00 bits per heavy atom. The number of nitrogens with one attached hydrogen (secondary N) is 1. The van der Waals surface area contributed by atoms with Gasteiger partial charge in [-0.05, 0) is 95.8 Å². The van der Waals surface area contributed by atoms with Gasteiger partial charge in [0.2, 0.25) is 5.91 Å². The van der Waals surface area contributed by atoms with Gasteiger partial charge < -0.3 is 10.2 Å². The van der Waals surface area contributed by atoms with Crippen LogP contribution in [-0.4, -0.2) is 34.9 Å². The zero-order chi connectivity index (χ0) is 20.4. The van der Waals surface area contributed by atoms with Crippen LogP contribution in [0.25, 0.3) is 0 Å². The van der Waals surface area contributed by atoms with Crippen LogP contribution in [0.5, 0.6) is 0 Å². The highest BCUT2D eigenvalue weighted by atomic mass is 79.9. The molecule has 0 bridgehead atoms. The highest BCUT2D eigenvalue weighted by Gasteiger charge is 2.60. The Morgan fingerprint density at radius 3 is 2.79 bits per heavy atom. The number of carbonyl (C=O) groups is 1. The molecule has 0 saturated heterocycles. The number of amides is 1. The summed E-state index contributed by atoms with van der Waals surface area (Å²) in [7, 11) is 2.00. The molecule has 1 aromatic heterocycles. The first-order valence-electron chi connectivity index (χ1n) is 11.2. The average Bonchev–Trinajstić information content (AvgIpc) is 3.03. The van der Waals surface area contributed by atoms with Gasteiger partial charge in [0.25, 0.3) is 0 Å². The maximum Gasteiger partial charge on any atom is 0.246 e. The van der Waals surface area contributed by atoms with Gasteiger partial charge in [0.05, 0.1) is 4.47 Å². The average molecular weight is 458 g/mol. The van der Waals surface area contributed by atoms with Gasteiger partial charge in [-0.1, -0.05) is 19.9 Å². The van der Waals surface area contributed by atoms with Gasteiger partial charge in [-0.3, -0.25) is 4.79 Å². The molecule has 1 aliphatic heterocycles. The maximum atomic E-state index is 12.2. The highest BCUT2D eigenvalue weighted by Crippen LogP contribution is 2.64. The summed E-state index contributed by atoms with van der Waals surface area (Å²) in [6.07, 6.45) is 13.4. The number of carbonyl (C=O) groups excluding carboxylic acids is 1. The summed E-state index contributed by atoms with van der Waals surface area (Å²) in [5.41, 5.74) is 0.448. The Kier molecular flexibility index (Phi) is 4.61. The largest absolute Gasteiger partial charge is 0.366 e. The normalized spacial score (nSPS) is 43.5. The van der Waals surface area contributed by atoms with Crippen LogP contribution in [0.2, 0.25) is 0 Å². The fourth-order valence-corrected chi connectivity index (χ4v) is 8.00. The molecular formula is C24H32BrN3O. The van der Waals surface area contributed by atoms with E-state index >= 15 is 0 Å². The summed E-state index contributed by atoms with van der Waals surface area (Å²) in [6, 6.07) is 4.89. The molecule has 4 nitrogen and oxygen atoms in total. The number of hydrogen-bond donors (Lipinski definition) is 1. The van der Waals surface area contributed by atoms with E-state index in [4.69, 9.17) is 0 Å². The van der Waals surface area contributed by atoms with Gasteiger partial charge in [0.15, 0.2) is 0 Å². The Labute approximate surface area is 182 Å². The van der Waals surface area contributed by atoms with Crippen molar-refractivity contribution in [3.05, 3.63) is 35.0 Å². The third kappa shape index (κ3) is 2.83. The number of likely N-dealkylation sites (N-methyl/N-ethyl adjacent to an activating group) is 1. The van der Waals surface area contributed by atoms with E-state index in [1.54, 1.807) is 0 Å². The minimum absolute atomic E-state index is 0.127. The zero-order valence-corrected chi connectivity index (χ0v) is 19.3. The van der Waals surface area contributed by atoms with Crippen molar-refractivity contribution in [1.29, 1.82) is 0 Å². The lowest BCUT2D eigenvalue weighted by molar-refractivity contribution is -0.138. The first-order valence-corrected chi connectivity index (χ1v) is 12.0. The molecule has 0 aromatic carbocycles. The van der Waals surface area contributed by atoms with E-state index in [-0.39, 0.29) is 11.3 Å². The first-order chi connectivity index (χ1) is 13.8. The van der Waals surface area contributed by atoms with Gasteiger partial charge in [-0.2, -0.15) is 0 Å². The van der Waals surface area contributed by atoms with Crippen LogP contribution in [0.4, 0.5) is 5.82 Å². The molecule has 156 valence electrons. The number of pyridine rings is 1. The minimum atomic E-state index is 0.127. The molecule has 5 rings (SSSR count). The Hall–Kier alpha value is -1.36. The van der Waals surface area contributed by atoms with Crippen molar-refractivity contribution in [3.63, 3.8) is 0 Å². The zero-order valence-electron chi connectivity index (χ0n) is 17.7. The molecule has 0 radical (unpaired) electrons. The summed E-state index contributed by atoms with van der Waals surface area (Å²) in [5, 5.41) is 3.80. The predicted molar refractivity (Wildman–Crippen MR) is 119 cm³/mol. The molecule has 3 aliphatic carbocycles. The third-order valence-corrected chi connectivity index (χ3v) is 9.84. The van der Waals surface area contributed by atoms with Crippen LogP contribution >= 0.6 is 15.9 Å². The first kappa shape index (κ1) is 19.6. The molecule has 3 saturated carbocycles. The second kappa shape index (κ2) is 6.83. The highest BCUT2D eigenvalue weighted by molar-refractivity contribution is 9.10. The lowest BCUT2D eigenvalue weighted by atomic mass is 9.48. The minimum Gasteiger partial charge on any atom is -0.366 e. The van der Waals surface area contributed by atoms with Crippen molar-refractivity contribution >= 4 is 27.7 Å². The fourth-order valence-electron chi connectivity index (χ4n) is 7.63. The number of rotatable bonds is 2. The van der Waals surface area contributed by atoms with E-state index in [1.165, 1.54) is 32.1 Å². The molecule has 2 unspecified atom stereocenters. The summed E-state index contributed by atoms with van der Waals surface area (Å²) in [4.78, 5) is 18.8. The summed E-state index contributed by atoms with van der Waals surface area (Å²) < 4.78 is 1.05. The number of fused-ring (bicyclic) bond motifs is 5. The number of nitrogens with zero attached hydrogens (tertiary/aromatic N) is 2. The van der Waals surface area contributed by atoms with Crippen LogP contribution in [0.15, 0.2) is 35.0 Å². The van der Waals surface area contributed by atoms with Crippen LogP contribution in [0.1, 0.15) is 52.4 Å². The molecule has 1 N–H and O–H groups in total. The van der Waals surface area contributed by atoms with Gasteiger partial charge in [-0.15, -0.1) is 0 Å². The summed E-state index contributed by atoms with van der Waals surface area (Å²) in [6.45, 7) is 4.95. The predicted octanol–water partition coefficient (Wildman–Crippen LogP) is 5.26. The second-order valence-corrected chi connectivity index (χ2v) is 11.1. The molecule has 29 heavy (non-hydrogen) atoms. The van der Waals surface area contributed by atoms with Crippen LogP contribution in [0.3, 0.4) is 0 Å². The van der Waals surface area contributed by atoms with E-state index in [0.717, 1.165) is 28.5 Å². The smallest absolute Gasteiger partial charge is 0.246 e. The SMILES string of the molecule is CN1C(=O)C=C[C@@]2(C)C1CC[C@@H]1[C@H]2CC[C@]2(C)C(Nc3ncccc3Br)CC[C@@H]12. The van der Waals surface area contributed by atoms with E-state index < -0.39 is 0 Å². The van der Waals surface area contributed by atoms with Crippen molar-refractivity contribution in [2.45, 2.75) is 64.5 Å². The molecule has 2 heterocycles. The van der Waals surface area contributed by atoms with Crippen molar-refractivity contribution in [2.75, 3.05) is 12.4 Å². The van der Waals surface area contributed by atoms with E-state index in [9.17, 15) is 4.79 Å². The van der Waals surface area contributed by atoms with Crippen LogP contribution in [0, 0.1) is 28.6 Å². The molecule has 3 fully saturated rings. The molecule has 4 aliphatic rings. The summed E-state index contributed by atoms with van der Waals surface area (Å²) in [5.74, 6) is 3.37.